The predicted molar refractivity (Wildman–Crippen MR) is 66.3 cm³/mol. The van der Waals surface area contributed by atoms with Crippen molar-refractivity contribution in [3.05, 3.63) is 69.9 Å². The molecule has 92 valence electrons. The van der Waals surface area contributed by atoms with Gasteiger partial charge in [0.25, 0.3) is 5.69 Å². The minimum Gasteiger partial charge on any atom is -0.618 e. The second kappa shape index (κ2) is 5.14. The predicted octanol–water partition coefficient (Wildman–Crippen LogP) is 3.88. The molecular formula is C13H8ClF2NO. The van der Waals surface area contributed by atoms with Gasteiger partial charge in [0.2, 0.25) is 0 Å². The summed E-state index contributed by atoms with van der Waals surface area (Å²) in [5, 5.41) is 12.2. The van der Waals surface area contributed by atoms with Gasteiger partial charge in [-0.15, -0.1) is 0 Å². The molecule has 5 heteroatoms. The Morgan fingerprint density at radius 1 is 1.06 bits per heavy atom. The molecule has 0 saturated heterocycles. The molecule has 18 heavy (non-hydrogen) atoms. The summed E-state index contributed by atoms with van der Waals surface area (Å²) in [5.41, 5.74) is 0.324. The maximum absolute atomic E-state index is 13.3. The van der Waals surface area contributed by atoms with Crippen LogP contribution < -0.4 is 0 Å². The Morgan fingerprint density at radius 3 is 2.33 bits per heavy atom. The summed E-state index contributed by atoms with van der Waals surface area (Å²) in [4.78, 5) is 0. The second-order valence-electron chi connectivity index (χ2n) is 3.60. The molecule has 2 aromatic rings. The third-order valence-electron chi connectivity index (χ3n) is 2.28. The number of rotatable bonds is 2. The van der Waals surface area contributed by atoms with Crippen LogP contribution in [0.2, 0.25) is 5.02 Å². The summed E-state index contributed by atoms with van der Waals surface area (Å²) < 4.78 is 26.4. The van der Waals surface area contributed by atoms with Gasteiger partial charge in [0, 0.05) is 22.7 Å². The number of hydrogen-bond donors (Lipinski definition) is 0. The van der Waals surface area contributed by atoms with E-state index in [1.54, 1.807) is 24.3 Å². The number of halogens is 3. The molecule has 2 aromatic carbocycles. The van der Waals surface area contributed by atoms with Crippen LogP contribution in [0.3, 0.4) is 0 Å². The first-order valence-corrected chi connectivity index (χ1v) is 5.46. The summed E-state index contributed by atoms with van der Waals surface area (Å²) in [7, 11) is 0. The molecule has 0 spiro atoms. The van der Waals surface area contributed by atoms with E-state index in [2.05, 4.69) is 0 Å². The number of nitrogens with zero attached hydrogens (tertiary/aromatic N) is 1. The van der Waals surface area contributed by atoms with Crippen molar-refractivity contribution in [3.8, 4) is 0 Å². The van der Waals surface area contributed by atoms with Crippen molar-refractivity contribution in [1.82, 2.24) is 0 Å². The van der Waals surface area contributed by atoms with E-state index in [0.29, 0.717) is 21.4 Å². The molecule has 0 atom stereocenters. The molecule has 0 fully saturated rings. The molecule has 0 aliphatic heterocycles. The molecule has 0 saturated carbocycles. The number of hydrogen-bond acceptors (Lipinski definition) is 1. The lowest BCUT2D eigenvalue weighted by atomic mass is 10.2. The van der Waals surface area contributed by atoms with Crippen LogP contribution >= 0.6 is 11.6 Å². The topological polar surface area (TPSA) is 26.1 Å². The lowest BCUT2D eigenvalue weighted by Gasteiger charge is -2.04. The van der Waals surface area contributed by atoms with Gasteiger partial charge in [-0.25, -0.2) is 4.39 Å². The highest BCUT2D eigenvalue weighted by atomic mass is 35.5. The lowest BCUT2D eigenvalue weighted by molar-refractivity contribution is -0.357. The van der Waals surface area contributed by atoms with Gasteiger partial charge < -0.3 is 5.21 Å². The maximum Gasteiger partial charge on any atom is 0.252 e. The molecule has 0 aliphatic rings. The Hall–Kier alpha value is -1.94. The Labute approximate surface area is 107 Å². The molecule has 0 bridgehead atoms. The van der Waals surface area contributed by atoms with Gasteiger partial charge in [-0.3, -0.25) is 0 Å². The molecule has 2 rings (SSSR count). The zero-order valence-corrected chi connectivity index (χ0v) is 9.86. The average molecular weight is 268 g/mol. The third kappa shape index (κ3) is 2.84. The van der Waals surface area contributed by atoms with Crippen LogP contribution in [0, 0.1) is 16.8 Å². The van der Waals surface area contributed by atoms with E-state index in [-0.39, 0.29) is 5.69 Å². The van der Waals surface area contributed by atoms with E-state index in [1.807, 2.05) is 0 Å². The molecule has 0 aliphatic carbocycles. The molecule has 0 unspecified atom stereocenters. The van der Waals surface area contributed by atoms with Gasteiger partial charge >= 0.3 is 0 Å². The van der Waals surface area contributed by atoms with Gasteiger partial charge in [0.1, 0.15) is 5.82 Å². The molecule has 0 radical (unpaired) electrons. The summed E-state index contributed by atoms with van der Waals surface area (Å²) in [5.74, 6) is -1.63. The fraction of sp³-hybridized carbons (Fsp3) is 0. The highest BCUT2D eigenvalue weighted by molar-refractivity contribution is 6.30. The van der Waals surface area contributed by atoms with E-state index in [0.717, 1.165) is 12.1 Å². The quantitative estimate of drug-likeness (QED) is 0.351. The Kier molecular flexibility index (Phi) is 3.58. The van der Waals surface area contributed by atoms with Crippen molar-refractivity contribution < 1.29 is 13.5 Å². The molecule has 0 aromatic heterocycles. The summed E-state index contributed by atoms with van der Waals surface area (Å²) >= 11 is 5.70. The van der Waals surface area contributed by atoms with Crippen molar-refractivity contribution in [3.63, 3.8) is 0 Å². The summed E-state index contributed by atoms with van der Waals surface area (Å²) in [6, 6.07) is 9.24. The van der Waals surface area contributed by atoms with Crippen LogP contribution in [-0.2, 0) is 0 Å². The van der Waals surface area contributed by atoms with E-state index in [4.69, 9.17) is 11.6 Å². The van der Waals surface area contributed by atoms with E-state index in [9.17, 15) is 14.0 Å². The van der Waals surface area contributed by atoms with Gasteiger partial charge in [-0.05, 0) is 30.3 Å². The van der Waals surface area contributed by atoms with Crippen LogP contribution in [0.5, 0.6) is 0 Å². The standard InChI is InChI=1S/C13H8ClF2NO/c14-10-3-1-9(2-4-10)8-17(18)13-6-5-11(15)7-12(13)16/h1-8H. The normalized spacial score (nSPS) is 11.6. The van der Waals surface area contributed by atoms with E-state index in [1.165, 1.54) is 6.21 Å². The largest absolute Gasteiger partial charge is 0.618 e. The summed E-state index contributed by atoms with van der Waals surface area (Å²) in [6.07, 6.45) is 1.19. The van der Waals surface area contributed by atoms with Crippen LogP contribution in [0.4, 0.5) is 14.5 Å². The lowest BCUT2D eigenvalue weighted by Crippen LogP contribution is -2.01. The summed E-state index contributed by atoms with van der Waals surface area (Å²) in [6.45, 7) is 0. The SMILES string of the molecule is [O-][N+](=Cc1ccc(Cl)cc1)c1ccc(F)cc1F. The van der Waals surface area contributed by atoms with Gasteiger partial charge in [0.05, 0.1) is 0 Å². The minimum absolute atomic E-state index is 0.244. The molecule has 0 amide bonds. The smallest absolute Gasteiger partial charge is 0.252 e. The highest BCUT2D eigenvalue weighted by Gasteiger charge is 2.10. The maximum atomic E-state index is 13.3. The van der Waals surface area contributed by atoms with E-state index < -0.39 is 11.6 Å². The fourth-order valence-corrected chi connectivity index (χ4v) is 1.54. The second-order valence-corrected chi connectivity index (χ2v) is 4.04. The van der Waals surface area contributed by atoms with Crippen molar-refractivity contribution >= 4 is 23.5 Å². The third-order valence-corrected chi connectivity index (χ3v) is 2.54. The monoisotopic (exact) mass is 267 g/mol. The minimum atomic E-state index is -0.907. The first-order chi connectivity index (χ1) is 8.56. The number of benzene rings is 2. The van der Waals surface area contributed by atoms with Crippen molar-refractivity contribution in [2.75, 3.05) is 0 Å². The van der Waals surface area contributed by atoms with Gasteiger partial charge in [0.15, 0.2) is 12.0 Å². The first-order valence-electron chi connectivity index (χ1n) is 5.08. The molecule has 0 heterocycles. The molecular weight excluding hydrogens is 260 g/mol. The molecule has 0 N–H and O–H groups in total. The van der Waals surface area contributed by atoms with Crippen LogP contribution in [0.15, 0.2) is 42.5 Å². The zero-order valence-electron chi connectivity index (χ0n) is 9.11. The van der Waals surface area contributed by atoms with E-state index >= 15 is 0 Å². The fourth-order valence-electron chi connectivity index (χ4n) is 1.41. The van der Waals surface area contributed by atoms with Crippen LogP contribution in [0.25, 0.3) is 0 Å². The zero-order chi connectivity index (χ0) is 13.1. The Balaban J connectivity index is 2.35. The molecule has 2 nitrogen and oxygen atoms in total. The Morgan fingerprint density at radius 2 is 1.72 bits per heavy atom. The van der Waals surface area contributed by atoms with Gasteiger partial charge in [-0.1, -0.05) is 11.6 Å². The first kappa shape index (κ1) is 12.5. The van der Waals surface area contributed by atoms with Crippen molar-refractivity contribution in [2.24, 2.45) is 0 Å². The van der Waals surface area contributed by atoms with Gasteiger partial charge in [-0.2, -0.15) is 9.13 Å². The Bertz CT molecular complexity index is 596. The van der Waals surface area contributed by atoms with Crippen molar-refractivity contribution in [1.29, 1.82) is 0 Å². The average Bonchev–Trinajstić information content (AvgIpc) is 2.32. The highest BCUT2D eigenvalue weighted by Crippen LogP contribution is 2.18. The van der Waals surface area contributed by atoms with Crippen molar-refractivity contribution in [2.45, 2.75) is 0 Å². The van der Waals surface area contributed by atoms with Crippen LogP contribution in [-0.4, -0.2) is 11.0 Å². The van der Waals surface area contributed by atoms with Crippen LogP contribution in [0.1, 0.15) is 5.56 Å².